The second-order valence-corrected chi connectivity index (χ2v) is 5.15. The summed E-state index contributed by atoms with van der Waals surface area (Å²) < 4.78 is 1.21. The normalized spacial score (nSPS) is 17.4. The Hall–Kier alpha value is -0.420. The van der Waals surface area contributed by atoms with Crippen LogP contribution < -0.4 is 5.48 Å². The molecule has 0 atom stereocenters. The number of hydroxylamine groups is 1. The summed E-state index contributed by atoms with van der Waals surface area (Å²) in [4.78, 5) is 7.17. The molecule has 0 spiro atoms. The fourth-order valence-electron chi connectivity index (χ4n) is 2.06. The van der Waals surface area contributed by atoms with Gasteiger partial charge in [0.15, 0.2) is 0 Å². The predicted molar refractivity (Wildman–Crippen MR) is 68.2 cm³/mol. The third-order valence-corrected chi connectivity index (χ3v) is 3.68. The number of benzene rings is 1. The van der Waals surface area contributed by atoms with E-state index in [1.54, 1.807) is 7.11 Å². The summed E-state index contributed by atoms with van der Waals surface area (Å²) in [7, 11) is 3.79. The molecule has 0 aromatic heterocycles. The zero-order valence-corrected chi connectivity index (χ0v) is 11.3. The second kappa shape index (κ2) is 5.27. The third kappa shape index (κ3) is 2.63. The summed E-state index contributed by atoms with van der Waals surface area (Å²) in [6, 6.07) is 6.54. The number of nitrogens with one attached hydrogen (secondary N) is 1. The lowest BCUT2D eigenvalue weighted by atomic mass is 9.91. The van der Waals surface area contributed by atoms with Crippen molar-refractivity contribution in [3.63, 3.8) is 0 Å². The first-order valence-corrected chi connectivity index (χ1v) is 6.22. The van der Waals surface area contributed by atoms with Gasteiger partial charge in [0.1, 0.15) is 0 Å². The first kappa shape index (κ1) is 12.0. The minimum Gasteiger partial charge on any atom is -0.305 e. The Labute approximate surface area is 105 Å². The lowest BCUT2D eigenvalue weighted by Crippen LogP contribution is -2.41. The molecule has 1 N–H and O–H groups in total. The van der Waals surface area contributed by atoms with Crippen LogP contribution in [0.3, 0.4) is 0 Å². The van der Waals surface area contributed by atoms with Crippen LogP contribution in [-0.4, -0.2) is 32.1 Å². The highest BCUT2D eigenvalue weighted by atomic mass is 79.9. The highest BCUT2D eigenvalue weighted by Gasteiger charge is 2.26. The molecule has 1 saturated heterocycles. The number of rotatable bonds is 4. The third-order valence-electron chi connectivity index (χ3n) is 2.99. The zero-order chi connectivity index (χ0) is 11.5. The number of hydrogen-bond acceptors (Lipinski definition) is 3. The Kier molecular flexibility index (Phi) is 3.97. The zero-order valence-electron chi connectivity index (χ0n) is 9.66. The molecule has 3 nitrogen and oxygen atoms in total. The van der Waals surface area contributed by atoms with Crippen molar-refractivity contribution in [2.75, 3.05) is 27.2 Å². The molecular weight excluding hydrogens is 268 g/mol. The van der Waals surface area contributed by atoms with E-state index in [2.05, 4.69) is 51.6 Å². The molecule has 1 aromatic rings. The van der Waals surface area contributed by atoms with Crippen molar-refractivity contribution in [3.05, 3.63) is 33.8 Å². The van der Waals surface area contributed by atoms with Gasteiger partial charge in [-0.1, -0.05) is 28.1 Å². The van der Waals surface area contributed by atoms with E-state index < -0.39 is 0 Å². The number of halogens is 1. The fraction of sp³-hybridized carbons (Fsp3) is 0.500. The van der Waals surface area contributed by atoms with E-state index in [0.29, 0.717) is 5.92 Å². The summed E-state index contributed by atoms with van der Waals surface area (Å²) in [5, 5.41) is 0. The molecule has 0 amide bonds. The van der Waals surface area contributed by atoms with Crippen LogP contribution in [0.2, 0.25) is 0 Å². The van der Waals surface area contributed by atoms with Crippen LogP contribution in [0, 0.1) is 0 Å². The van der Waals surface area contributed by atoms with Crippen molar-refractivity contribution in [1.29, 1.82) is 0 Å². The van der Waals surface area contributed by atoms with E-state index in [9.17, 15) is 0 Å². The summed E-state index contributed by atoms with van der Waals surface area (Å²) in [5.74, 6) is 0.684. The number of likely N-dealkylation sites (tertiary alicyclic amines) is 1. The molecule has 1 aromatic carbocycles. The molecule has 1 fully saturated rings. The van der Waals surface area contributed by atoms with Gasteiger partial charge in [-0.25, -0.2) is 0 Å². The average Bonchev–Trinajstić information content (AvgIpc) is 2.23. The molecule has 0 bridgehead atoms. The maximum absolute atomic E-state index is 4.84. The van der Waals surface area contributed by atoms with Crippen LogP contribution in [0.1, 0.15) is 17.0 Å². The lowest BCUT2D eigenvalue weighted by molar-refractivity contribution is 0.0867. The first-order chi connectivity index (χ1) is 7.70. The molecule has 16 heavy (non-hydrogen) atoms. The van der Waals surface area contributed by atoms with Gasteiger partial charge in [0.05, 0.1) is 7.11 Å². The van der Waals surface area contributed by atoms with Crippen LogP contribution in [0.4, 0.5) is 0 Å². The second-order valence-electron chi connectivity index (χ2n) is 4.30. The minimum atomic E-state index is 0.684. The maximum atomic E-state index is 4.84. The topological polar surface area (TPSA) is 24.5 Å². The van der Waals surface area contributed by atoms with E-state index in [1.807, 2.05) is 0 Å². The van der Waals surface area contributed by atoms with Crippen molar-refractivity contribution in [2.24, 2.45) is 0 Å². The predicted octanol–water partition coefficient (Wildman–Crippen LogP) is 2.13. The smallest absolute Gasteiger partial charge is 0.0572 e. The summed E-state index contributed by atoms with van der Waals surface area (Å²) in [5.41, 5.74) is 5.49. The van der Waals surface area contributed by atoms with Gasteiger partial charge in [-0.05, 0) is 24.2 Å². The van der Waals surface area contributed by atoms with Crippen LogP contribution in [0.5, 0.6) is 0 Å². The van der Waals surface area contributed by atoms with Crippen molar-refractivity contribution in [3.8, 4) is 0 Å². The van der Waals surface area contributed by atoms with Gasteiger partial charge in [0.25, 0.3) is 0 Å². The van der Waals surface area contributed by atoms with Crippen LogP contribution in [0.15, 0.2) is 22.7 Å². The van der Waals surface area contributed by atoms with Gasteiger partial charge in [-0.15, -0.1) is 0 Å². The van der Waals surface area contributed by atoms with Gasteiger partial charge >= 0.3 is 0 Å². The van der Waals surface area contributed by atoms with Crippen LogP contribution in [0.25, 0.3) is 0 Å². The highest BCUT2D eigenvalue weighted by molar-refractivity contribution is 9.10. The summed E-state index contributed by atoms with van der Waals surface area (Å²) >= 11 is 3.65. The summed E-state index contributed by atoms with van der Waals surface area (Å²) in [6.45, 7) is 3.06. The van der Waals surface area contributed by atoms with E-state index in [0.717, 1.165) is 19.6 Å². The molecule has 0 radical (unpaired) electrons. The van der Waals surface area contributed by atoms with E-state index >= 15 is 0 Å². The van der Waals surface area contributed by atoms with Crippen molar-refractivity contribution >= 4 is 15.9 Å². The quantitative estimate of drug-likeness (QED) is 0.858. The van der Waals surface area contributed by atoms with Gasteiger partial charge in [-0.2, -0.15) is 5.48 Å². The van der Waals surface area contributed by atoms with Crippen LogP contribution in [-0.2, 0) is 11.4 Å². The molecule has 2 rings (SSSR count). The monoisotopic (exact) mass is 284 g/mol. The molecule has 1 aliphatic rings. The van der Waals surface area contributed by atoms with Crippen molar-refractivity contribution in [2.45, 2.75) is 12.5 Å². The van der Waals surface area contributed by atoms with Gasteiger partial charge in [0, 0.05) is 30.0 Å². The lowest BCUT2D eigenvalue weighted by Gasteiger charge is -2.37. The minimum absolute atomic E-state index is 0.684. The molecular formula is C12H17BrN2O. The Morgan fingerprint density at radius 1 is 1.50 bits per heavy atom. The molecule has 4 heteroatoms. The first-order valence-electron chi connectivity index (χ1n) is 5.43. The highest BCUT2D eigenvalue weighted by Crippen LogP contribution is 2.31. The van der Waals surface area contributed by atoms with Crippen molar-refractivity contribution < 1.29 is 4.84 Å². The number of likely N-dealkylation sites (N-methyl/N-ethyl adjacent to an activating group) is 1. The number of hydrogen-bond donors (Lipinski definition) is 1. The Morgan fingerprint density at radius 3 is 2.81 bits per heavy atom. The molecule has 88 valence electrons. The largest absolute Gasteiger partial charge is 0.305 e. The van der Waals surface area contributed by atoms with Crippen molar-refractivity contribution in [1.82, 2.24) is 10.4 Å². The summed E-state index contributed by atoms with van der Waals surface area (Å²) in [6.07, 6.45) is 0. The van der Waals surface area contributed by atoms with Gasteiger partial charge in [-0.3, -0.25) is 0 Å². The Bertz CT molecular complexity index is 364. The standard InChI is InChI=1S/C12H17BrN2O/c1-15-7-10(8-15)11-4-3-9(5-12(11)13)6-14-16-2/h3-5,10,14H,6-8H2,1-2H3. The fourth-order valence-corrected chi connectivity index (χ4v) is 2.81. The SMILES string of the molecule is CONCc1ccc(C2CN(C)C2)c(Br)c1. The van der Waals surface area contributed by atoms with Crippen LogP contribution >= 0.6 is 15.9 Å². The Morgan fingerprint density at radius 2 is 2.25 bits per heavy atom. The van der Waals surface area contributed by atoms with E-state index in [-0.39, 0.29) is 0 Å². The molecule has 0 aliphatic carbocycles. The van der Waals surface area contributed by atoms with E-state index in [1.165, 1.54) is 15.6 Å². The van der Waals surface area contributed by atoms with Gasteiger partial charge < -0.3 is 9.74 Å². The number of nitrogens with zero attached hydrogens (tertiary/aromatic N) is 1. The molecule has 1 aliphatic heterocycles. The van der Waals surface area contributed by atoms with E-state index in [4.69, 9.17) is 4.84 Å². The average molecular weight is 285 g/mol. The maximum Gasteiger partial charge on any atom is 0.0572 e. The van der Waals surface area contributed by atoms with Gasteiger partial charge in [0.2, 0.25) is 0 Å². The molecule has 0 saturated carbocycles. The molecule has 0 unspecified atom stereocenters. The Balaban J connectivity index is 2.05. The molecule has 1 heterocycles.